The van der Waals surface area contributed by atoms with Gasteiger partial charge in [0.15, 0.2) is 0 Å². The van der Waals surface area contributed by atoms with Crippen molar-refractivity contribution < 1.29 is 14.7 Å². The molecule has 0 rings (SSSR count). The first-order valence-corrected chi connectivity index (χ1v) is 26.6. The molecule has 0 unspecified atom stereocenters. The zero-order valence-electron chi connectivity index (χ0n) is 39.3. The smallest absolute Gasteiger partial charge is 0.220 e. The lowest BCUT2D eigenvalue weighted by Crippen LogP contribution is -2.31. The van der Waals surface area contributed by atoms with Crippen LogP contribution in [0.25, 0.3) is 0 Å². The lowest BCUT2D eigenvalue weighted by molar-refractivity contribution is -0.121. The highest BCUT2D eigenvalue weighted by Crippen LogP contribution is 2.17. The van der Waals surface area contributed by atoms with Crippen LogP contribution in [0.4, 0.5) is 0 Å². The third-order valence-electron chi connectivity index (χ3n) is 12.6. The first-order chi connectivity index (χ1) is 28.1. The van der Waals surface area contributed by atoms with Crippen molar-refractivity contribution in [3.05, 3.63) is 0 Å². The van der Waals surface area contributed by atoms with Crippen molar-refractivity contribution in [3.63, 3.8) is 0 Å². The van der Waals surface area contributed by atoms with Crippen molar-refractivity contribution in [1.82, 2.24) is 5.32 Å². The summed E-state index contributed by atoms with van der Waals surface area (Å²) in [4.78, 5) is 24.5. The maximum Gasteiger partial charge on any atom is 0.220 e. The maximum atomic E-state index is 12.3. The zero-order valence-corrected chi connectivity index (χ0v) is 39.3. The van der Waals surface area contributed by atoms with E-state index in [0.29, 0.717) is 18.7 Å². The monoisotopic (exact) mass is 804 g/mol. The molecule has 0 saturated carbocycles. The van der Waals surface area contributed by atoms with Crippen molar-refractivity contribution in [2.45, 2.75) is 322 Å². The van der Waals surface area contributed by atoms with E-state index in [1.807, 2.05) is 0 Å². The van der Waals surface area contributed by atoms with E-state index in [2.05, 4.69) is 19.2 Å². The Kier molecular flexibility index (Phi) is 48.7. The van der Waals surface area contributed by atoms with Crippen LogP contribution in [0.3, 0.4) is 0 Å². The molecule has 0 saturated heterocycles. The Morgan fingerprint density at radius 1 is 0.333 bits per heavy atom. The number of rotatable bonds is 50. The van der Waals surface area contributed by atoms with Crippen LogP contribution in [0.5, 0.6) is 0 Å². The third-order valence-corrected chi connectivity index (χ3v) is 12.6. The van der Waals surface area contributed by atoms with Crippen LogP contribution in [0, 0.1) is 0 Å². The molecular weight excluding hydrogens is 699 g/mol. The minimum Gasteiger partial charge on any atom is -0.391 e. The van der Waals surface area contributed by atoms with Gasteiger partial charge in [0.05, 0.1) is 6.10 Å². The molecule has 0 aromatic rings. The van der Waals surface area contributed by atoms with Crippen LogP contribution in [0.15, 0.2) is 0 Å². The molecule has 340 valence electrons. The molecule has 0 aliphatic heterocycles. The number of carbonyl (C=O) groups excluding carboxylic acids is 2. The summed E-state index contributed by atoms with van der Waals surface area (Å²) in [5.41, 5.74) is 0. The number of ketones is 1. The Morgan fingerprint density at radius 2 is 0.561 bits per heavy atom. The number of amides is 1. The van der Waals surface area contributed by atoms with Gasteiger partial charge in [-0.1, -0.05) is 271 Å². The van der Waals surface area contributed by atoms with Crippen molar-refractivity contribution in [2.75, 3.05) is 6.54 Å². The number of hydrogen-bond donors (Lipinski definition) is 2. The molecule has 4 heteroatoms. The molecule has 0 heterocycles. The van der Waals surface area contributed by atoms with E-state index in [9.17, 15) is 14.7 Å². The average molecular weight is 804 g/mol. The number of Topliss-reactive ketones (excluding diaryl/α,β-unsaturated/α-hetero) is 1. The second-order valence-electron chi connectivity index (χ2n) is 18.5. The van der Waals surface area contributed by atoms with E-state index in [0.717, 1.165) is 51.4 Å². The number of aliphatic hydroxyl groups excluding tert-OH is 1. The number of nitrogens with one attached hydrogen (secondary N) is 1. The summed E-state index contributed by atoms with van der Waals surface area (Å²) in [6, 6.07) is 0. The Bertz CT molecular complexity index is 784. The van der Waals surface area contributed by atoms with Crippen molar-refractivity contribution in [1.29, 1.82) is 0 Å². The third kappa shape index (κ3) is 49.4. The molecule has 4 nitrogen and oxygen atoms in total. The number of unbranched alkanes of at least 4 members (excludes halogenated alkanes) is 40. The molecule has 2 N–H and O–H groups in total. The SMILES string of the molecule is CCCCCCCCCCCCCCCCCCCC(=O)CCCCCCCCCCCCCCC(=O)NC[C@H](O)CCCCCCCCCCCCCCCC. The lowest BCUT2D eigenvalue weighted by atomic mass is 10.0. The van der Waals surface area contributed by atoms with Gasteiger partial charge in [-0.2, -0.15) is 0 Å². The van der Waals surface area contributed by atoms with Gasteiger partial charge in [-0.25, -0.2) is 0 Å². The van der Waals surface area contributed by atoms with Gasteiger partial charge in [0, 0.05) is 25.8 Å². The van der Waals surface area contributed by atoms with E-state index in [-0.39, 0.29) is 5.91 Å². The molecule has 1 amide bonds. The van der Waals surface area contributed by atoms with E-state index in [1.54, 1.807) is 0 Å². The van der Waals surface area contributed by atoms with Gasteiger partial charge in [0.25, 0.3) is 0 Å². The predicted molar refractivity (Wildman–Crippen MR) is 252 cm³/mol. The zero-order chi connectivity index (χ0) is 41.4. The number of hydrogen-bond acceptors (Lipinski definition) is 3. The Balaban J connectivity index is 3.28. The van der Waals surface area contributed by atoms with Gasteiger partial charge in [-0.3, -0.25) is 9.59 Å². The fourth-order valence-corrected chi connectivity index (χ4v) is 8.54. The maximum absolute atomic E-state index is 12.3. The molecule has 57 heavy (non-hydrogen) atoms. The second-order valence-corrected chi connectivity index (χ2v) is 18.5. The molecule has 0 fully saturated rings. The molecule has 0 aliphatic rings. The molecule has 0 spiro atoms. The molecule has 0 bridgehead atoms. The fraction of sp³-hybridized carbons (Fsp3) is 0.962. The van der Waals surface area contributed by atoms with Crippen LogP contribution in [-0.2, 0) is 9.59 Å². The number of carbonyl (C=O) groups is 2. The van der Waals surface area contributed by atoms with Crippen molar-refractivity contribution in [2.24, 2.45) is 0 Å². The molecule has 0 aliphatic carbocycles. The van der Waals surface area contributed by atoms with Crippen LogP contribution < -0.4 is 5.32 Å². The number of aliphatic hydroxyl groups is 1. The van der Waals surface area contributed by atoms with Gasteiger partial charge in [-0.15, -0.1) is 0 Å². The van der Waals surface area contributed by atoms with Gasteiger partial charge in [-0.05, 0) is 25.7 Å². The van der Waals surface area contributed by atoms with Crippen LogP contribution in [0.1, 0.15) is 316 Å². The Morgan fingerprint density at radius 3 is 0.842 bits per heavy atom. The molecule has 1 atom stereocenters. The van der Waals surface area contributed by atoms with Gasteiger partial charge < -0.3 is 10.4 Å². The first-order valence-electron chi connectivity index (χ1n) is 26.6. The summed E-state index contributed by atoms with van der Waals surface area (Å²) < 4.78 is 0. The van der Waals surface area contributed by atoms with Gasteiger partial charge >= 0.3 is 0 Å². The van der Waals surface area contributed by atoms with E-state index < -0.39 is 6.10 Å². The quantitative estimate of drug-likeness (QED) is 0.0602. The Hall–Kier alpha value is -0.900. The summed E-state index contributed by atoms with van der Waals surface area (Å²) in [7, 11) is 0. The minimum absolute atomic E-state index is 0.102. The van der Waals surface area contributed by atoms with Crippen LogP contribution in [0.2, 0.25) is 0 Å². The molecule has 0 aromatic heterocycles. The fourth-order valence-electron chi connectivity index (χ4n) is 8.54. The highest BCUT2D eigenvalue weighted by atomic mass is 16.3. The Labute approximate surface area is 358 Å². The molecule has 0 aromatic carbocycles. The molecule has 0 radical (unpaired) electrons. The average Bonchev–Trinajstić information content (AvgIpc) is 3.21. The highest BCUT2D eigenvalue weighted by Gasteiger charge is 2.07. The van der Waals surface area contributed by atoms with E-state index in [1.165, 1.54) is 244 Å². The second kappa shape index (κ2) is 49.5. The van der Waals surface area contributed by atoms with Gasteiger partial charge in [0.2, 0.25) is 5.91 Å². The topological polar surface area (TPSA) is 66.4 Å². The summed E-state index contributed by atoms with van der Waals surface area (Å²) in [6.45, 7) is 4.99. The van der Waals surface area contributed by atoms with Crippen LogP contribution >= 0.6 is 0 Å². The van der Waals surface area contributed by atoms with Crippen molar-refractivity contribution in [3.8, 4) is 0 Å². The van der Waals surface area contributed by atoms with E-state index in [4.69, 9.17) is 0 Å². The first kappa shape index (κ1) is 56.1. The summed E-state index contributed by atoms with van der Waals surface area (Å²) >= 11 is 0. The lowest BCUT2D eigenvalue weighted by Gasteiger charge is -2.12. The summed E-state index contributed by atoms with van der Waals surface area (Å²) in [5.74, 6) is 0.603. The van der Waals surface area contributed by atoms with Crippen LogP contribution in [-0.4, -0.2) is 29.4 Å². The predicted octanol–water partition coefficient (Wildman–Crippen LogP) is 17.4. The summed E-state index contributed by atoms with van der Waals surface area (Å²) in [5, 5.41) is 13.2. The van der Waals surface area contributed by atoms with E-state index >= 15 is 0 Å². The minimum atomic E-state index is -0.399. The standard InChI is InChI=1S/C53H105NO3/c1-3-5-7-9-11-13-15-17-19-20-21-23-26-30-34-38-42-46-51(55)47-43-39-35-31-27-24-25-29-33-37-41-45-49-53(57)54-50-52(56)48-44-40-36-32-28-22-18-16-14-12-10-8-6-4-2/h52,56H,3-50H2,1-2H3,(H,54,57)/t52-/m1/s1. The summed E-state index contributed by atoms with van der Waals surface area (Å²) in [6.07, 6.45) is 59.9. The normalized spacial score (nSPS) is 12.1. The van der Waals surface area contributed by atoms with Gasteiger partial charge in [0.1, 0.15) is 5.78 Å². The highest BCUT2D eigenvalue weighted by molar-refractivity contribution is 5.78. The molecular formula is C53H105NO3. The largest absolute Gasteiger partial charge is 0.391 e. The van der Waals surface area contributed by atoms with Crippen molar-refractivity contribution >= 4 is 11.7 Å².